The number of halogens is 1. The topological polar surface area (TPSA) is 32.3 Å². The number of benzene rings is 1. The first-order valence-electron chi connectivity index (χ1n) is 5.39. The first-order chi connectivity index (χ1) is 8.29. The highest BCUT2D eigenvalue weighted by atomic mass is 79.9. The molecule has 0 saturated heterocycles. The number of nitrogens with one attached hydrogen (secondary N) is 1. The van der Waals surface area contributed by atoms with Crippen LogP contribution in [0.4, 0.5) is 0 Å². The van der Waals surface area contributed by atoms with E-state index in [9.17, 15) is 0 Å². The molecular formula is C13H14BrNOS. The van der Waals surface area contributed by atoms with Gasteiger partial charge in [-0.25, -0.2) is 0 Å². The number of thiophene rings is 1. The maximum absolute atomic E-state index is 8.94. The van der Waals surface area contributed by atoms with Gasteiger partial charge in [0.1, 0.15) is 0 Å². The molecule has 0 radical (unpaired) electrons. The van der Waals surface area contributed by atoms with Crippen molar-refractivity contribution >= 4 is 27.3 Å². The molecule has 2 N–H and O–H groups in total. The Balaban J connectivity index is 1.83. The lowest BCUT2D eigenvalue weighted by Crippen LogP contribution is -2.12. The van der Waals surface area contributed by atoms with Crippen molar-refractivity contribution in [3.05, 3.63) is 56.2 Å². The van der Waals surface area contributed by atoms with Gasteiger partial charge in [-0.05, 0) is 38.0 Å². The highest BCUT2D eigenvalue weighted by Crippen LogP contribution is 2.20. The van der Waals surface area contributed by atoms with Crippen molar-refractivity contribution in [3.8, 4) is 0 Å². The van der Waals surface area contributed by atoms with Gasteiger partial charge in [-0.2, -0.15) is 11.3 Å². The van der Waals surface area contributed by atoms with Crippen LogP contribution in [0.1, 0.15) is 16.7 Å². The summed E-state index contributed by atoms with van der Waals surface area (Å²) in [7, 11) is 0. The van der Waals surface area contributed by atoms with E-state index in [0.29, 0.717) is 0 Å². The number of rotatable bonds is 5. The summed E-state index contributed by atoms with van der Waals surface area (Å²) in [6.07, 6.45) is 0. The molecule has 1 aromatic heterocycles. The Labute approximate surface area is 113 Å². The van der Waals surface area contributed by atoms with Crippen molar-refractivity contribution in [1.82, 2.24) is 5.32 Å². The fourth-order valence-corrected chi connectivity index (χ4v) is 2.98. The molecule has 2 aromatic rings. The van der Waals surface area contributed by atoms with E-state index in [-0.39, 0.29) is 6.61 Å². The van der Waals surface area contributed by atoms with Crippen molar-refractivity contribution in [2.45, 2.75) is 19.7 Å². The monoisotopic (exact) mass is 311 g/mol. The summed E-state index contributed by atoms with van der Waals surface area (Å²) >= 11 is 5.22. The number of aliphatic hydroxyl groups is 1. The SMILES string of the molecule is OCc1ccc(CNCc2cscc2Br)cc1. The van der Waals surface area contributed by atoms with Crippen molar-refractivity contribution in [2.24, 2.45) is 0 Å². The molecule has 0 aliphatic rings. The summed E-state index contributed by atoms with van der Waals surface area (Å²) in [5.41, 5.74) is 3.48. The van der Waals surface area contributed by atoms with Gasteiger partial charge in [-0.1, -0.05) is 24.3 Å². The summed E-state index contributed by atoms with van der Waals surface area (Å²) in [5.74, 6) is 0. The summed E-state index contributed by atoms with van der Waals surface area (Å²) in [6.45, 7) is 1.81. The van der Waals surface area contributed by atoms with Gasteiger partial charge < -0.3 is 10.4 Å². The van der Waals surface area contributed by atoms with Crippen molar-refractivity contribution < 1.29 is 5.11 Å². The zero-order valence-corrected chi connectivity index (χ0v) is 11.7. The molecule has 0 unspecified atom stereocenters. The summed E-state index contributed by atoms with van der Waals surface area (Å²) in [5, 5.41) is 16.6. The third-order valence-corrected chi connectivity index (χ3v) is 4.37. The van der Waals surface area contributed by atoms with E-state index in [4.69, 9.17) is 5.11 Å². The van der Waals surface area contributed by atoms with Crippen molar-refractivity contribution in [2.75, 3.05) is 0 Å². The minimum absolute atomic E-state index is 0.107. The first kappa shape index (κ1) is 12.8. The Morgan fingerprint density at radius 2 is 1.76 bits per heavy atom. The molecule has 1 heterocycles. The summed E-state index contributed by atoms with van der Waals surface area (Å²) in [6, 6.07) is 8.00. The Kier molecular flexibility index (Phi) is 4.74. The van der Waals surface area contributed by atoms with Gasteiger partial charge in [0, 0.05) is 22.9 Å². The maximum Gasteiger partial charge on any atom is 0.0681 e. The minimum atomic E-state index is 0.107. The quantitative estimate of drug-likeness (QED) is 0.888. The molecule has 0 bridgehead atoms. The van der Waals surface area contributed by atoms with E-state index in [2.05, 4.69) is 32.0 Å². The second-order valence-electron chi connectivity index (χ2n) is 3.82. The van der Waals surface area contributed by atoms with Gasteiger partial charge in [0.2, 0.25) is 0 Å². The fourth-order valence-electron chi connectivity index (χ4n) is 1.54. The van der Waals surface area contributed by atoms with Crippen molar-refractivity contribution in [3.63, 3.8) is 0 Å². The Bertz CT molecular complexity index is 467. The lowest BCUT2D eigenvalue weighted by molar-refractivity contribution is 0.282. The van der Waals surface area contributed by atoms with E-state index in [0.717, 1.165) is 18.7 Å². The second kappa shape index (κ2) is 6.31. The van der Waals surface area contributed by atoms with Gasteiger partial charge in [0.05, 0.1) is 6.61 Å². The number of hydrogen-bond donors (Lipinski definition) is 2. The largest absolute Gasteiger partial charge is 0.392 e. The lowest BCUT2D eigenvalue weighted by Gasteiger charge is -2.05. The zero-order chi connectivity index (χ0) is 12.1. The molecule has 0 fully saturated rings. The average Bonchev–Trinajstić information content (AvgIpc) is 2.76. The van der Waals surface area contributed by atoms with Crippen LogP contribution in [0.15, 0.2) is 39.5 Å². The number of hydrogen-bond acceptors (Lipinski definition) is 3. The molecule has 1 aromatic carbocycles. The predicted molar refractivity (Wildman–Crippen MR) is 74.9 cm³/mol. The molecule has 0 atom stereocenters. The standard InChI is InChI=1S/C13H14BrNOS/c14-13-9-17-8-12(13)6-15-5-10-1-3-11(7-16)4-2-10/h1-4,8-9,15-16H,5-7H2. The van der Waals surface area contributed by atoms with Crippen LogP contribution in [0.2, 0.25) is 0 Å². The third-order valence-electron chi connectivity index (χ3n) is 2.54. The molecule has 4 heteroatoms. The predicted octanol–water partition coefficient (Wildman–Crippen LogP) is 3.29. The van der Waals surface area contributed by atoms with Gasteiger partial charge in [0.15, 0.2) is 0 Å². The smallest absolute Gasteiger partial charge is 0.0681 e. The summed E-state index contributed by atoms with van der Waals surface area (Å²) < 4.78 is 1.17. The van der Waals surface area contributed by atoms with E-state index in [1.165, 1.54) is 15.6 Å². The summed E-state index contributed by atoms with van der Waals surface area (Å²) in [4.78, 5) is 0. The molecule has 0 spiro atoms. The Morgan fingerprint density at radius 1 is 1.06 bits per heavy atom. The van der Waals surface area contributed by atoms with Crippen LogP contribution in [-0.4, -0.2) is 5.11 Å². The van der Waals surface area contributed by atoms with Crippen LogP contribution in [0, 0.1) is 0 Å². The van der Waals surface area contributed by atoms with E-state index in [1.807, 2.05) is 24.3 Å². The second-order valence-corrected chi connectivity index (χ2v) is 5.42. The van der Waals surface area contributed by atoms with Crippen LogP contribution < -0.4 is 5.32 Å². The van der Waals surface area contributed by atoms with E-state index >= 15 is 0 Å². The first-order valence-corrected chi connectivity index (χ1v) is 7.13. The maximum atomic E-state index is 8.94. The molecule has 0 aliphatic heterocycles. The highest BCUT2D eigenvalue weighted by Gasteiger charge is 2.00. The Morgan fingerprint density at radius 3 is 2.35 bits per heavy atom. The van der Waals surface area contributed by atoms with Crippen LogP contribution in [0.25, 0.3) is 0 Å². The van der Waals surface area contributed by atoms with Crippen LogP contribution in [0.5, 0.6) is 0 Å². The number of aliphatic hydroxyl groups excluding tert-OH is 1. The highest BCUT2D eigenvalue weighted by molar-refractivity contribution is 9.10. The average molecular weight is 312 g/mol. The molecule has 0 saturated carbocycles. The molecule has 2 rings (SSSR count). The molecule has 2 nitrogen and oxygen atoms in total. The van der Waals surface area contributed by atoms with Crippen LogP contribution >= 0.6 is 27.3 Å². The molecule has 17 heavy (non-hydrogen) atoms. The third kappa shape index (κ3) is 3.64. The van der Waals surface area contributed by atoms with Gasteiger partial charge >= 0.3 is 0 Å². The molecule has 0 amide bonds. The minimum Gasteiger partial charge on any atom is -0.392 e. The lowest BCUT2D eigenvalue weighted by atomic mass is 10.1. The van der Waals surface area contributed by atoms with Crippen LogP contribution in [-0.2, 0) is 19.7 Å². The fraction of sp³-hybridized carbons (Fsp3) is 0.231. The van der Waals surface area contributed by atoms with Gasteiger partial charge in [0.25, 0.3) is 0 Å². The molecule has 90 valence electrons. The van der Waals surface area contributed by atoms with Crippen LogP contribution in [0.3, 0.4) is 0 Å². The van der Waals surface area contributed by atoms with Crippen molar-refractivity contribution in [1.29, 1.82) is 0 Å². The molecule has 0 aliphatic carbocycles. The van der Waals surface area contributed by atoms with Gasteiger partial charge in [-0.15, -0.1) is 0 Å². The van der Waals surface area contributed by atoms with E-state index < -0.39 is 0 Å². The zero-order valence-electron chi connectivity index (χ0n) is 9.32. The normalized spacial score (nSPS) is 10.7. The molecular weight excluding hydrogens is 298 g/mol. The van der Waals surface area contributed by atoms with E-state index in [1.54, 1.807) is 11.3 Å². The van der Waals surface area contributed by atoms with Gasteiger partial charge in [-0.3, -0.25) is 0 Å². The Hall–Kier alpha value is -0.680.